The number of carboxylic acids is 1. The Labute approximate surface area is 113 Å². The first-order valence-corrected chi connectivity index (χ1v) is 5.62. The van der Waals surface area contributed by atoms with Crippen LogP contribution >= 0.6 is 0 Å². The minimum atomic E-state index is -1.18. The quantitative estimate of drug-likeness (QED) is 0.787. The molecule has 0 atom stereocenters. The number of rotatable bonds is 4. The molecule has 1 heterocycles. The molecule has 0 unspecified atom stereocenters. The Morgan fingerprint density at radius 1 is 1.35 bits per heavy atom. The molecular weight excluding hydrogens is 262 g/mol. The van der Waals surface area contributed by atoms with E-state index in [1.165, 1.54) is 11.0 Å². The first-order valence-electron chi connectivity index (χ1n) is 5.62. The van der Waals surface area contributed by atoms with Crippen molar-refractivity contribution < 1.29 is 14.7 Å². The molecular formula is C12H11N5O3. The van der Waals surface area contributed by atoms with Gasteiger partial charge in [-0.2, -0.15) is 0 Å². The number of anilines is 1. The number of carboxylic acid groups (broad SMARTS) is 1. The van der Waals surface area contributed by atoms with E-state index in [1.807, 2.05) is 6.92 Å². The van der Waals surface area contributed by atoms with E-state index in [4.69, 9.17) is 5.11 Å². The monoisotopic (exact) mass is 273 g/mol. The van der Waals surface area contributed by atoms with Crippen LogP contribution in [0.2, 0.25) is 0 Å². The lowest BCUT2D eigenvalue weighted by atomic mass is 10.2. The van der Waals surface area contributed by atoms with Crippen LogP contribution in [0, 0.1) is 6.92 Å². The summed E-state index contributed by atoms with van der Waals surface area (Å²) in [6.07, 6.45) is 3.16. The molecule has 8 nitrogen and oxygen atoms in total. The van der Waals surface area contributed by atoms with Crippen LogP contribution in [0.25, 0.3) is 5.69 Å². The number of hydrogen-bond acceptors (Lipinski definition) is 5. The smallest absolute Gasteiger partial charge is 0.328 e. The van der Waals surface area contributed by atoms with Crippen LogP contribution in [-0.4, -0.2) is 37.2 Å². The zero-order valence-corrected chi connectivity index (χ0v) is 10.5. The zero-order chi connectivity index (χ0) is 14.5. The Bertz CT molecular complexity index is 664. The molecule has 0 spiro atoms. The van der Waals surface area contributed by atoms with E-state index >= 15 is 0 Å². The normalized spacial score (nSPS) is 10.7. The SMILES string of the molecule is Cc1ccc(NC(=O)/C=C/C(=O)O)cc1-n1cnnn1. The standard InChI is InChI=1S/C12H11N5O3/c1-8-2-3-9(14-11(18)4-5-12(19)20)6-10(8)17-7-13-15-16-17/h2-7H,1H3,(H,14,18)(H,19,20)/b5-4+. The number of hydrogen-bond donors (Lipinski definition) is 2. The number of aryl methyl sites for hydroxylation is 1. The van der Waals surface area contributed by atoms with Crippen molar-refractivity contribution in [2.24, 2.45) is 0 Å². The van der Waals surface area contributed by atoms with E-state index in [1.54, 1.807) is 18.2 Å². The highest BCUT2D eigenvalue weighted by Crippen LogP contribution is 2.18. The molecule has 2 aromatic rings. The van der Waals surface area contributed by atoms with E-state index in [-0.39, 0.29) is 0 Å². The maximum absolute atomic E-state index is 11.5. The highest BCUT2D eigenvalue weighted by atomic mass is 16.4. The third kappa shape index (κ3) is 3.25. The number of aromatic nitrogens is 4. The van der Waals surface area contributed by atoms with Gasteiger partial charge in [-0.1, -0.05) is 6.07 Å². The minimum Gasteiger partial charge on any atom is -0.478 e. The van der Waals surface area contributed by atoms with Gasteiger partial charge >= 0.3 is 5.97 Å². The van der Waals surface area contributed by atoms with Gasteiger partial charge in [0.1, 0.15) is 6.33 Å². The number of nitrogens with one attached hydrogen (secondary N) is 1. The third-order valence-corrected chi connectivity index (χ3v) is 2.45. The van der Waals surface area contributed by atoms with Gasteiger partial charge < -0.3 is 10.4 Å². The molecule has 0 aliphatic rings. The number of carbonyl (C=O) groups excluding carboxylic acids is 1. The van der Waals surface area contributed by atoms with Crippen LogP contribution in [0.15, 0.2) is 36.7 Å². The number of tetrazole rings is 1. The summed E-state index contributed by atoms with van der Waals surface area (Å²) in [6.45, 7) is 1.88. The number of carbonyl (C=O) groups is 2. The van der Waals surface area contributed by atoms with Crippen LogP contribution in [-0.2, 0) is 9.59 Å². The molecule has 0 fully saturated rings. The fourth-order valence-electron chi connectivity index (χ4n) is 1.54. The van der Waals surface area contributed by atoms with Crippen molar-refractivity contribution in [1.29, 1.82) is 0 Å². The van der Waals surface area contributed by atoms with Gasteiger partial charge in [0.2, 0.25) is 5.91 Å². The molecule has 102 valence electrons. The van der Waals surface area contributed by atoms with Crippen LogP contribution < -0.4 is 5.32 Å². The van der Waals surface area contributed by atoms with E-state index in [9.17, 15) is 9.59 Å². The molecule has 0 saturated carbocycles. The number of aliphatic carboxylic acids is 1. The molecule has 2 rings (SSSR count). The predicted molar refractivity (Wildman–Crippen MR) is 69.3 cm³/mol. The van der Waals surface area contributed by atoms with Crippen molar-refractivity contribution >= 4 is 17.6 Å². The summed E-state index contributed by atoms with van der Waals surface area (Å²) < 4.78 is 1.47. The highest BCUT2D eigenvalue weighted by Gasteiger charge is 2.06. The Hall–Kier alpha value is -3.03. The van der Waals surface area contributed by atoms with E-state index in [0.717, 1.165) is 23.4 Å². The second kappa shape index (κ2) is 5.74. The average molecular weight is 273 g/mol. The van der Waals surface area contributed by atoms with Crippen molar-refractivity contribution in [3.8, 4) is 5.69 Å². The molecule has 1 aromatic carbocycles. The second-order valence-electron chi connectivity index (χ2n) is 3.92. The Morgan fingerprint density at radius 3 is 2.80 bits per heavy atom. The molecule has 1 aromatic heterocycles. The summed E-state index contributed by atoms with van der Waals surface area (Å²) in [5, 5.41) is 21.9. The molecule has 0 bridgehead atoms. The number of benzene rings is 1. The summed E-state index contributed by atoms with van der Waals surface area (Å²) in [7, 11) is 0. The Morgan fingerprint density at radius 2 is 2.15 bits per heavy atom. The first kappa shape index (κ1) is 13.4. The predicted octanol–water partition coefficient (Wildman–Crippen LogP) is 0.550. The number of nitrogens with zero attached hydrogens (tertiary/aromatic N) is 4. The zero-order valence-electron chi connectivity index (χ0n) is 10.5. The van der Waals surface area contributed by atoms with Gasteiger partial charge in [0.25, 0.3) is 0 Å². The summed E-state index contributed by atoms with van der Waals surface area (Å²) in [5.41, 5.74) is 2.16. The minimum absolute atomic E-state index is 0.515. The lowest BCUT2D eigenvalue weighted by Gasteiger charge is -2.08. The van der Waals surface area contributed by atoms with Gasteiger partial charge in [0, 0.05) is 17.8 Å². The summed E-state index contributed by atoms with van der Waals surface area (Å²) in [5.74, 6) is -1.71. The molecule has 0 saturated heterocycles. The van der Waals surface area contributed by atoms with Gasteiger partial charge in [-0.3, -0.25) is 4.79 Å². The van der Waals surface area contributed by atoms with Crippen molar-refractivity contribution in [3.63, 3.8) is 0 Å². The fourth-order valence-corrected chi connectivity index (χ4v) is 1.54. The summed E-state index contributed by atoms with van der Waals surface area (Å²) >= 11 is 0. The number of amides is 1. The molecule has 1 amide bonds. The lowest BCUT2D eigenvalue weighted by Crippen LogP contribution is -2.09. The van der Waals surface area contributed by atoms with Crippen LogP contribution in [0.4, 0.5) is 5.69 Å². The van der Waals surface area contributed by atoms with E-state index < -0.39 is 11.9 Å². The molecule has 0 aliphatic heterocycles. The van der Waals surface area contributed by atoms with E-state index in [0.29, 0.717) is 5.69 Å². The molecule has 2 N–H and O–H groups in total. The second-order valence-corrected chi connectivity index (χ2v) is 3.92. The van der Waals surface area contributed by atoms with Gasteiger partial charge in [0.05, 0.1) is 5.69 Å². The summed E-state index contributed by atoms with van der Waals surface area (Å²) in [6, 6.07) is 5.20. The molecule has 20 heavy (non-hydrogen) atoms. The third-order valence-electron chi connectivity index (χ3n) is 2.45. The van der Waals surface area contributed by atoms with Gasteiger partial charge in [-0.25, -0.2) is 9.48 Å². The van der Waals surface area contributed by atoms with Crippen molar-refractivity contribution in [3.05, 3.63) is 42.2 Å². The molecule has 0 aliphatic carbocycles. The van der Waals surface area contributed by atoms with Gasteiger partial charge in [0.15, 0.2) is 0 Å². The van der Waals surface area contributed by atoms with Crippen molar-refractivity contribution in [2.75, 3.05) is 5.32 Å². The Balaban J connectivity index is 2.20. The first-order chi connectivity index (χ1) is 9.56. The average Bonchev–Trinajstić information content (AvgIpc) is 2.92. The molecule has 8 heteroatoms. The maximum atomic E-state index is 11.5. The molecule has 0 radical (unpaired) electrons. The van der Waals surface area contributed by atoms with Crippen molar-refractivity contribution in [2.45, 2.75) is 6.92 Å². The largest absolute Gasteiger partial charge is 0.478 e. The highest BCUT2D eigenvalue weighted by molar-refractivity contribution is 6.02. The van der Waals surface area contributed by atoms with Crippen LogP contribution in [0.1, 0.15) is 5.56 Å². The maximum Gasteiger partial charge on any atom is 0.328 e. The van der Waals surface area contributed by atoms with Gasteiger partial charge in [-0.15, -0.1) is 5.10 Å². The summed E-state index contributed by atoms with van der Waals surface area (Å²) in [4.78, 5) is 21.8. The topological polar surface area (TPSA) is 110 Å². The van der Waals surface area contributed by atoms with Gasteiger partial charge in [-0.05, 0) is 35.0 Å². The van der Waals surface area contributed by atoms with Crippen LogP contribution in [0.5, 0.6) is 0 Å². The fraction of sp³-hybridized carbons (Fsp3) is 0.0833. The van der Waals surface area contributed by atoms with E-state index in [2.05, 4.69) is 20.8 Å². The Kier molecular flexibility index (Phi) is 3.85. The van der Waals surface area contributed by atoms with Crippen LogP contribution in [0.3, 0.4) is 0 Å². The van der Waals surface area contributed by atoms with Crippen molar-refractivity contribution in [1.82, 2.24) is 20.2 Å². The lowest BCUT2D eigenvalue weighted by molar-refractivity contribution is -0.131.